The number of nitrogens with zero attached hydrogens (tertiary/aromatic N) is 1. The molecule has 18 heavy (non-hydrogen) atoms. The molecule has 96 valence electrons. The smallest absolute Gasteiger partial charge is 0.318 e. The Morgan fingerprint density at radius 3 is 2.72 bits per heavy atom. The Hall–Kier alpha value is -1.62. The van der Waals surface area contributed by atoms with Crippen LogP contribution in [0.15, 0.2) is 21.9 Å². The number of furan rings is 1. The number of ether oxygens (including phenoxy) is 1. The topological polar surface area (TPSA) is 52.3 Å². The molecule has 0 unspecified atom stereocenters. The number of hydrogen-bond donors (Lipinski definition) is 0. The molecule has 0 N–H and O–H groups in total. The molecule has 0 aromatic carbocycles. The molecule has 0 saturated heterocycles. The van der Waals surface area contributed by atoms with Gasteiger partial charge in [0, 0.05) is 5.38 Å². The Bertz CT molecular complexity index is 568. The van der Waals surface area contributed by atoms with Crippen molar-refractivity contribution in [1.29, 1.82) is 0 Å². The van der Waals surface area contributed by atoms with Gasteiger partial charge in [-0.3, -0.25) is 4.79 Å². The van der Waals surface area contributed by atoms with Crippen LogP contribution in [0.4, 0.5) is 0 Å². The predicted octanol–water partition coefficient (Wildman–Crippen LogP) is 3.16. The van der Waals surface area contributed by atoms with Crippen molar-refractivity contribution in [2.45, 2.75) is 26.2 Å². The van der Waals surface area contributed by atoms with E-state index >= 15 is 0 Å². The molecule has 0 atom stereocenters. The quantitative estimate of drug-likeness (QED) is 0.800. The van der Waals surface area contributed by atoms with Gasteiger partial charge in [-0.15, -0.1) is 11.3 Å². The van der Waals surface area contributed by atoms with Gasteiger partial charge in [0.2, 0.25) is 0 Å². The summed E-state index contributed by atoms with van der Waals surface area (Å²) in [6, 6.07) is 3.76. The van der Waals surface area contributed by atoms with E-state index in [0.29, 0.717) is 0 Å². The van der Waals surface area contributed by atoms with E-state index in [0.717, 1.165) is 22.2 Å². The number of esters is 1. The molecule has 0 spiro atoms. The van der Waals surface area contributed by atoms with Crippen LogP contribution in [-0.2, 0) is 14.9 Å². The zero-order chi connectivity index (χ0) is 13.3. The molecule has 0 fully saturated rings. The SMILES string of the molecule is COC(=O)C(C)(C)c1nc(-c2ccc(C)o2)cs1. The molecule has 0 saturated carbocycles. The molecule has 0 amide bonds. The molecule has 2 rings (SSSR count). The third-order valence-electron chi connectivity index (χ3n) is 2.73. The van der Waals surface area contributed by atoms with Gasteiger partial charge in [0.15, 0.2) is 5.76 Å². The maximum absolute atomic E-state index is 11.7. The Morgan fingerprint density at radius 1 is 1.44 bits per heavy atom. The van der Waals surface area contributed by atoms with Crippen LogP contribution in [0, 0.1) is 6.92 Å². The second-order valence-electron chi connectivity index (χ2n) is 4.56. The predicted molar refractivity (Wildman–Crippen MR) is 69.6 cm³/mol. The highest BCUT2D eigenvalue weighted by atomic mass is 32.1. The second-order valence-corrected chi connectivity index (χ2v) is 5.42. The molecule has 0 bridgehead atoms. The largest absolute Gasteiger partial charge is 0.468 e. The molecule has 4 nitrogen and oxygen atoms in total. The van der Waals surface area contributed by atoms with Crippen molar-refractivity contribution >= 4 is 17.3 Å². The van der Waals surface area contributed by atoms with Crippen LogP contribution in [-0.4, -0.2) is 18.1 Å². The monoisotopic (exact) mass is 265 g/mol. The summed E-state index contributed by atoms with van der Waals surface area (Å²) in [6.45, 7) is 5.48. The molecule has 2 aromatic rings. The minimum absolute atomic E-state index is 0.293. The van der Waals surface area contributed by atoms with E-state index in [1.54, 1.807) is 13.8 Å². The van der Waals surface area contributed by atoms with Crippen molar-refractivity contribution in [2.24, 2.45) is 0 Å². The molecule has 0 radical (unpaired) electrons. The van der Waals surface area contributed by atoms with E-state index in [9.17, 15) is 4.79 Å². The van der Waals surface area contributed by atoms with Crippen LogP contribution in [0.25, 0.3) is 11.5 Å². The van der Waals surface area contributed by atoms with Crippen molar-refractivity contribution in [1.82, 2.24) is 4.98 Å². The summed E-state index contributed by atoms with van der Waals surface area (Å²) in [5.74, 6) is 1.27. The van der Waals surface area contributed by atoms with E-state index in [-0.39, 0.29) is 5.97 Å². The summed E-state index contributed by atoms with van der Waals surface area (Å²) >= 11 is 1.43. The van der Waals surface area contributed by atoms with Gasteiger partial charge >= 0.3 is 5.97 Å². The molecule has 2 heterocycles. The van der Waals surface area contributed by atoms with E-state index in [2.05, 4.69) is 4.98 Å². The van der Waals surface area contributed by atoms with Crippen molar-refractivity contribution in [2.75, 3.05) is 7.11 Å². The highest BCUT2D eigenvalue weighted by Gasteiger charge is 2.34. The first-order valence-corrected chi connectivity index (χ1v) is 6.44. The first kappa shape index (κ1) is 12.8. The van der Waals surface area contributed by atoms with Gasteiger partial charge in [-0.05, 0) is 32.9 Å². The average Bonchev–Trinajstić information content (AvgIpc) is 2.95. The normalized spacial score (nSPS) is 11.6. The minimum atomic E-state index is -0.737. The number of hydrogen-bond acceptors (Lipinski definition) is 5. The highest BCUT2D eigenvalue weighted by molar-refractivity contribution is 7.10. The lowest BCUT2D eigenvalue weighted by atomic mass is 9.95. The molecule has 0 aliphatic rings. The molecule has 0 aliphatic heterocycles. The number of methoxy groups -OCH3 is 1. The summed E-state index contributed by atoms with van der Waals surface area (Å²) in [7, 11) is 1.38. The number of rotatable bonds is 3. The Labute approximate surface area is 110 Å². The zero-order valence-electron chi connectivity index (χ0n) is 10.8. The maximum Gasteiger partial charge on any atom is 0.318 e. The Morgan fingerprint density at radius 2 is 2.17 bits per heavy atom. The fourth-order valence-corrected chi connectivity index (χ4v) is 2.51. The number of thiazole rings is 1. The van der Waals surface area contributed by atoms with Gasteiger partial charge in [-0.25, -0.2) is 4.98 Å². The number of carbonyl (C=O) groups is 1. The second kappa shape index (κ2) is 4.57. The van der Waals surface area contributed by atoms with E-state index in [1.807, 2.05) is 24.4 Å². The Kier molecular flexibility index (Phi) is 3.26. The first-order chi connectivity index (χ1) is 8.45. The van der Waals surface area contributed by atoms with E-state index in [1.165, 1.54) is 18.4 Å². The van der Waals surface area contributed by atoms with Crippen LogP contribution in [0.3, 0.4) is 0 Å². The molecular weight excluding hydrogens is 250 g/mol. The van der Waals surface area contributed by atoms with Crippen LogP contribution < -0.4 is 0 Å². The van der Waals surface area contributed by atoms with Gasteiger partial charge < -0.3 is 9.15 Å². The first-order valence-electron chi connectivity index (χ1n) is 5.56. The van der Waals surface area contributed by atoms with Gasteiger partial charge in [-0.1, -0.05) is 0 Å². The highest BCUT2D eigenvalue weighted by Crippen LogP contribution is 2.31. The van der Waals surface area contributed by atoms with Crippen LogP contribution in [0.2, 0.25) is 0 Å². The molecular formula is C13H15NO3S. The van der Waals surface area contributed by atoms with Crippen LogP contribution in [0.1, 0.15) is 24.6 Å². The van der Waals surface area contributed by atoms with Gasteiger partial charge in [0.05, 0.1) is 7.11 Å². The summed E-state index contributed by atoms with van der Waals surface area (Å²) in [5.41, 5.74) is 0.0133. The summed E-state index contributed by atoms with van der Waals surface area (Å²) < 4.78 is 10.3. The fraction of sp³-hybridized carbons (Fsp3) is 0.385. The van der Waals surface area contributed by atoms with E-state index in [4.69, 9.17) is 9.15 Å². The van der Waals surface area contributed by atoms with Crippen LogP contribution in [0.5, 0.6) is 0 Å². The van der Waals surface area contributed by atoms with Crippen molar-refractivity contribution in [3.8, 4) is 11.5 Å². The van der Waals surface area contributed by atoms with Crippen molar-refractivity contribution in [3.05, 3.63) is 28.3 Å². The number of carbonyl (C=O) groups excluding carboxylic acids is 1. The van der Waals surface area contributed by atoms with Gasteiger partial charge in [0.25, 0.3) is 0 Å². The summed E-state index contributed by atoms with van der Waals surface area (Å²) in [4.78, 5) is 16.2. The van der Waals surface area contributed by atoms with E-state index < -0.39 is 5.41 Å². The number of aromatic nitrogens is 1. The zero-order valence-corrected chi connectivity index (χ0v) is 11.6. The summed E-state index contributed by atoms with van der Waals surface area (Å²) in [5, 5.41) is 2.61. The third-order valence-corrected chi connectivity index (χ3v) is 3.89. The lowest BCUT2D eigenvalue weighted by Gasteiger charge is -2.17. The molecule has 5 heteroatoms. The lowest BCUT2D eigenvalue weighted by molar-refractivity contribution is -0.146. The van der Waals surface area contributed by atoms with Gasteiger partial charge in [-0.2, -0.15) is 0 Å². The maximum atomic E-state index is 11.7. The average molecular weight is 265 g/mol. The standard InChI is InChI=1S/C13H15NO3S/c1-8-5-6-10(17-8)9-7-18-11(14-9)13(2,3)12(15)16-4/h5-7H,1-4H3. The third kappa shape index (κ3) is 2.18. The molecule has 0 aliphatic carbocycles. The lowest BCUT2D eigenvalue weighted by Crippen LogP contribution is -2.30. The van der Waals surface area contributed by atoms with Gasteiger partial charge in [0.1, 0.15) is 21.9 Å². The molecule has 2 aromatic heterocycles. The minimum Gasteiger partial charge on any atom is -0.468 e. The van der Waals surface area contributed by atoms with Crippen LogP contribution >= 0.6 is 11.3 Å². The number of aryl methyl sites for hydroxylation is 1. The summed E-state index contributed by atoms with van der Waals surface area (Å²) in [6.07, 6.45) is 0. The fourth-order valence-electron chi connectivity index (χ4n) is 1.59. The van der Waals surface area contributed by atoms with Crippen molar-refractivity contribution < 1.29 is 13.9 Å². The van der Waals surface area contributed by atoms with Crippen molar-refractivity contribution in [3.63, 3.8) is 0 Å². The Balaban J connectivity index is 2.33.